The third-order valence-corrected chi connectivity index (χ3v) is 3.95. The Morgan fingerprint density at radius 3 is 2.88 bits per heavy atom. The zero-order valence-corrected chi connectivity index (χ0v) is 13.4. The zero-order valence-electron chi connectivity index (χ0n) is 13.4. The third-order valence-electron chi connectivity index (χ3n) is 3.95. The van der Waals surface area contributed by atoms with E-state index >= 15 is 0 Å². The van der Waals surface area contributed by atoms with E-state index in [0.717, 1.165) is 11.3 Å². The number of benzene rings is 2. The van der Waals surface area contributed by atoms with Crippen LogP contribution in [0.15, 0.2) is 67.3 Å². The summed E-state index contributed by atoms with van der Waals surface area (Å²) in [5.74, 6) is 0.488. The minimum atomic E-state index is -0.190. The Labute approximate surface area is 141 Å². The molecule has 0 spiro atoms. The minimum Gasteiger partial charge on any atom is -0.489 e. The first-order chi connectivity index (χ1) is 11.8. The van der Waals surface area contributed by atoms with Crippen molar-refractivity contribution < 1.29 is 9.53 Å². The number of anilines is 1. The fraction of sp³-hybridized carbons (Fsp3) is 0.211. The molecule has 1 fully saturated rings. The summed E-state index contributed by atoms with van der Waals surface area (Å²) in [5, 5.41) is 2.98. The molecule has 5 heteroatoms. The molecule has 2 aromatic carbocycles. The van der Waals surface area contributed by atoms with Crippen LogP contribution in [-0.4, -0.2) is 19.1 Å². The van der Waals surface area contributed by atoms with Gasteiger partial charge in [-0.3, -0.25) is 10.2 Å². The van der Waals surface area contributed by atoms with Crippen LogP contribution in [0.25, 0.3) is 0 Å². The second-order valence-corrected chi connectivity index (χ2v) is 5.64. The number of carbonyl (C=O) groups excluding carboxylic acids is 1. The van der Waals surface area contributed by atoms with Crippen molar-refractivity contribution in [2.24, 2.45) is 5.92 Å². The van der Waals surface area contributed by atoms with Crippen LogP contribution in [0.2, 0.25) is 0 Å². The molecule has 3 rings (SSSR count). The molecule has 3 N–H and O–H groups in total. The SMILES string of the molecule is C=CCOc1cccc(NC(=O)C2CNNC2c2ccccc2)c1. The third kappa shape index (κ3) is 3.82. The Morgan fingerprint density at radius 2 is 2.08 bits per heavy atom. The van der Waals surface area contributed by atoms with E-state index < -0.39 is 0 Å². The topological polar surface area (TPSA) is 62.4 Å². The fourth-order valence-corrected chi connectivity index (χ4v) is 2.77. The standard InChI is InChI=1S/C19H21N3O2/c1-2-11-24-16-10-6-9-15(12-16)21-19(23)17-13-20-22-18(17)14-7-4-3-5-8-14/h2-10,12,17-18,20,22H,1,11,13H2,(H,21,23). The predicted octanol–water partition coefficient (Wildman–Crippen LogP) is 2.66. The van der Waals surface area contributed by atoms with E-state index in [9.17, 15) is 4.79 Å². The molecule has 124 valence electrons. The fourth-order valence-electron chi connectivity index (χ4n) is 2.77. The summed E-state index contributed by atoms with van der Waals surface area (Å²) in [4.78, 5) is 12.7. The van der Waals surface area contributed by atoms with Crippen LogP contribution in [0, 0.1) is 5.92 Å². The van der Waals surface area contributed by atoms with Crippen molar-refractivity contribution in [3.05, 3.63) is 72.8 Å². The second kappa shape index (κ2) is 7.77. The van der Waals surface area contributed by atoms with Gasteiger partial charge in [0.05, 0.1) is 12.0 Å². The molecule has 0 aromatic heterocycles. The number of ether oxygens (including phenoxy) is 1. The van der Waals surface area contributed by atoms with Crippen LogP contribution in [0.5, 0.6) is 5.75 Å². The van der Waals surface area contributed by atoms with Gasteiger partial charge in [-0.25, -0.2) is 5.43 Å². The Kier molecular flexibility index (Phi) is 5.25. The maximum absolute atomic E-state index is 12.7. The predicted molar refractivity (Wildman–Crippen MR) is 94.6 cm³/mol. The second-order valence-electron chi connectivity index (χ2n) is 5.64. The molecule has 1 aliphatic heterocycles. The summed E-state index contributed by atoms with van der Waals surface area (Å²) < 4.78 is 5.50. The smallest absolute Gasteiger partial charge is 0.230 e. The Hall–Kier alpha value is -2.63. The van der Waals surface area contributed by atoms with E-state index in [4.69, 9.17) is 4.74 Å². The van der Waals surface area contributed by atoms with Gasteiger partial charge < -0.3 is 10.1 Å². The van der Waals surface area contributed by atoms with E-state index in [1.807, 2.05) is 54.6 Å². The maximum Gasteiger partial charge on any atom is 0.230 e. The van der Waals surface area contributed by atoms with Crippen LogP contribution in [-0.2, 0) is 4.79 Å². The molecule has 1 saturated heterocycles. The van der Waals surface area contributed by atoms with Crippen LogP contribution < -0.4 is 20.9 Å². The zero-order chi connectivity index (χ0) is 16.8. The Bertz CT molecular complexity index is 703. The van der Waals surface area contributed by atoms with E-state index in [-0.39, 0.29) is 17.9 Å². The minimum absolute atomic E-state index is 0.0257. The first-order valence-electron chi connectivity index (χ1n) is 7.96. The number of amides is 1. The van der Waals surface area contributed by atoms with Crippen LogP contribution >= 0.6 is 0 Å². The summed E-state index contributed by atoms with van der Waals surface area (Å²) in [5.41, 5.74) is 8.07. The van der Waals surface area contributed by atoms with E-state index in [0.29, 0.717) is 18.9 Å². The van der Waals surface area contributed by atoms with Crippen molar-refractivity contribution in [3.63, 3.8) is 0 Å². The normalized spacial score (nSPS) is 19.7. The molecule has 2 atom stereocenters. The lowest BCUT2D eigenvalue weighted by Gasteiger charge is -2.18. The molecule has 5 nitrogen and oxygen atoms in total. The molecular weight excluding hydrogens is 302 g/mol. The highest BCUT2D eigenvalue weighted by Crippen LogP contribution is 2.26. The van der Waals surface area contributed by atoms with E-state index in [1.165, 1.54) is 0 Å². The van der Waals surface area contributed by atoms with Crippen molar-refractivity contribution in [2.45, 2.75) is 6.04 Å². The van der Waals surface area contributed by atoms with Gasteiger partial charge in [0.15, 0.2) is 0 Å². The number of carbonyl (C=O) groups is 1. The quantitative estimate of drug-likeness (QED) is 0.715. The van der Waals surface area contributed by atoms with E-state index in [2.05, 4.69) is 22.7 Å². The number of hydrazine groups is 1. The van der Waals surface area contributed by atoms with Crippen LogP contribution in [0.1, 0.15) is 11.6 Å². The number of hydrogen-bond donors (Lipinski definition) is 3. The van der Waals surface area contributed by atoms with E-state index in [1.54, 1.807) is 6.08 Å². The number of nitrogens with one attached hydrogen (secondary N) is 3. The van der Waals surface area contributed by atoms with Crippen molar-refractivity contribution >= 4 is 11.6 Å². The first kappa shape index (κ1) is 16.2. The molecule has 24 heavy (non-hydrogen) atoms. The summed E-state index contributed by atoms with van der Waals surface area (Å²) in [6, 6.07) is 17.3. The van der Waals surface area contributed by atoms with Crippen LogP contribution in [0.4, 0.5) is 5.69 Å². The average Bonchev–Trinajstić information content (AvgIpc) is 3.11. The van der Waals surface area contributed by atoms with Crippen molar-refractivity contribution in [1.82, 2.24) is 10.9 Å². The number of rotatable bonds is 6. The van der Waals surface area contributed by atoms with Gasteiger partial charge in [-0.15, -0.1) is 0 Å². The van der Waals surface area contributed by atoms with Crippen LogP contribution in [0.3, 0.4) is 0 Å². The highest BCUT2D eigenvalue weighted by molar-refractivity contribution is 5.93. The monoisotopic (exact) mass is 323 g/mol. The summed E-state index contributed by atoms with van der Waals surface area (Å²) in [6.45, 7) is 4.64. The lowest BCUT2D eigenvalue weighted by Crippen LogP contribution is -2.29. The molecule has 2 unspecified atom stereocenters. The molecule has 0 bridgehead atoms. The van der Waals surface area contributed by atoms with Gasteiger partial charge in [-0.1, -0.05) is 49.1 Å². The van der Waals surface area contributed by atoms with Gasteiger partial charge in [0.2, 0.25) is 5.91 Å². The van der Waals surface area contributed by atoms with Gasteiger partial charge in [0.25, 0.3) is 0 Å². The highest BCUT2D eigenvalue weighted by Gasteiger charge is 2.33. The summed E-state index contributed by atoms with van der Waals surface area (Å²) >= 11 is 0. The maximum atomic E-state index is 12.7. The van der Waals surface area contributed by atoms with Gasteiger partial charge in [0, 0.05) is 18.3 Å². The highest BCUT2D eigenvalue weighted by atomic mass is 16.5. The van der Waals surface area contributed by atoms with Crippen molar-refractivity contribution in [2.75, 3.05) is 18.5 Å². The number of hydrogen-bond acceptors (Lipinski definition) is 4. The average molecular weight is 323 g/mol. The lowest BCUT2D eigenvalue weighted by atomic mass is 9.94. The molecule has 1 aliphatic rings. The molecule has 0 radical (unpaired) electrons. The van der Waals surface area contributed by atoms with Gasteiger partial charge in [0.1, 0.15) is 12.4 Å². The first-order valence-corrected chi connectivity index (χ1v) is 7.96. The molecule has 1 heterocycles. The van der Waals surface area contributed by atoms with Crippen molar-refractivity contribution in [3.8, 4) is 5.75 Å². The lowest BCUT2D eigenvalue weighted by molar-refractivity contribution is -0.119. The molecule has 0 saturated carbocycles. The largest absolute Gasteiger partial charge is 0.489 e. The molecule has 2 aromatic rings. The molecule has 1 amide bonds. The summed E-state index contributed by atoms with van der Waals surface area (Å²) in [7, 11) is 0. The summed E-state index contributed by atoms with van der Waals surface area (Å²) in [6.07, 6.45) is 1.69. The van der Waals surface area contributed by atoms with Gasteiger partial charge in [-0.05, 0) is 17.7 Å². The van der Waals surface area contributed by atoms with Gasteiger partial charge in [-0.2, -0.15) is 0 Å². The molecular formula is C19H21N3O2. The Balaban J connectivity index is 1.69. The van der Waals surface area contributed by atoms with Crippen molar-refractivity contribution in [1.29, 1.82) is 0 Å². The molecule has 0 aliphatic carbocycles. The van der Waals surface area contributed by atoms with Gasteiger partial charge >= 0.3 is 0 Å². The Morgan fingerprint density at radius 1 is 1.25 bits per heavy atom.